The third-order valence-electron chi connectivity index (χ3n) is 8.01. The van der Waals surface area contributed by atoms with Gasteiger partial charge in [-0.1, -0.05) is 12.1 Å². The molecule has 4 rings (SSSR count). The van der Waals surface area contributed by atoms with Crippen LogP contribution in [-0.2, 0) is 40.3 Å². The molecule has 340 valence electrons. The predicted octanol–water partition coefficient (Wildman–Crippen LogP) is -1.70. The summed E-state index contributed by atoms with van der Waals surface area (Å²) in [5, 5.41) is 1.96. The zero-order valence-corrected chi connectivity index (χ0v) is 43.9. The van der Waals surface area contributed by atoms with E-state index >= 15 is 0 Å². The molecule has 0 spiro atoms. The van der Waals surface area contributed by atoms with Gasteiger partial charge in [0, 0.05) is 35.1 Å². The van der Waals surface area contributed by atoms with Crippen LogP contribution in [-0.4, -0.2) is 83.5 Å². The van der Waals surface area contributed by atoms with Crippen LogP contribution in [0.4, 0.5) is 0 Å². The van der Waals surface area contributed by atoms with Gasteiger partial charge >= 0.3 is 66.9 Å². The topological polar surface area (TPSA) is 281 Å². The number of ether oxygens (including phenoxy) is 8. The molecule has 0 atom stereocenters. The first-order valence-corrected chi connectivity index (χ1v) is 23.7. The number of benzene rings is 4. The molecule has 26 heteroatoms. The van der Waals surface area contributed by atoms with Crippen molar-refractivity contribution in [3.05, 3.63) is 93.7 Å². The molecule has 0 aliphatic heterocycles. The van der Waals surface area contributed by atoms with Crippen molar-refractivity contribution in [3.63, 3.8) is 0 Å². The van der Waals surface area contributed by atoms with Gasteiger partial charge in [0.05, 0.1) is 79.5 Å². The van der Waals surface area contributed by atoms with E-state index in [1.54, 1.807) is 24.3 Å². The van der Waals surface area contributed by atoms with Gasteiger partial charge in [0.2, 0.25) is 0 Å². The molecular weight excluding hydrogens is 948 g/mol. The van der Waals surface area contributed by atoms with Gasteiger partial charge in [-0.25, -0.2) is 21.4 Å². The van der Waals surface area contributed by atoms with E-state index in [9.17, 15) is 35.8 Å². The van der Waals surface area contributed by atoms with Crippen molar-refractivity contribution in [1.82, 2.24) is 0 Å². The summed E-state index contributed by atoms with van der Waals surface area (Å²) in [5.41, 5.74) is 1.20. The summed E-state index contributed by atoms with van der Waals surface area (Å²) >= 11 is 0. The summed E-state index contributed by atoms with van der Waals surface area (Å²) in [4.78, 5) is 39.9. The Balaban J connectivity index is 0.000000621. The van der Waals surface area contributed by atoms with Gasteiger partial charge in [0.25, 0.3) is 0 Å². The Labute approximate surface area is 415 Å². The molecule has 0 aromatic heterocycles. The number of phosphoric ester groups is 2. The molecule has 0 unspecified atom stereocenters. The second-order valence-electron chi connectivity index (χ2n) is 12.2. The fourth-order valence-electron chi connectivity index (χ4n) is 5.31. The molecule has 4 aromatic rings. The quantitative estimate of drug-likeness (QED) is 0.0737. The molecule has 0 saturated carbocycles. The van der Waals surface area contributed by atoms with Gasteiger partial charge in [-0.2, -0.15) is 0 Å². The molecule has 0 amide bonds. The first-order chi connectivity index (χ1) is 29.0. The summed E-state index contributed by atoms with van der Waals surface area (Å²) in [6, 6.07) is 14.1. The normalized spacial score (nSPS) is 11.6. The van der Waals surface area contributed by atoms with Crippen LogP contribution < -0.4 is 116 Å². The zero-order valence-electron chi connectivity index (χ0n) is 36.5. The molecule has 0 aliphatic carbocycles. The fourth-order valence-corrected chi connectivity index (χ4v) is 8.26. The first kappa shape index (κ1) is 58.6. The standard InChI is InChI=1S/2C19H23O10PS.2Na/c2*1-25-14-10-17(27-3)15(18(11-14)28-4)7-8-31(23,24)12-13-5-6-16(26-2)19(9-13)29-30(20,21)22;;/h2*5-11H,12H2,1-4H3,(H2,20,21,22);;/q;;2*+1/p-2/b2*8-7+;;. The molecule has 0 bridgehead atoms. The summed E-state index contributed by atoms with van der Waals surface area (Å²) < 4.78 is 123. The second-order valence-corrected chi connectivity index (χ2v) is 18.2. The Bertz CT molecular complexity index is 2350. The Morgan fingerprint density at radius 1 is 0.484 bits per heavy atom. The van der Waals surface area contributed by atoms with Crippen molar-refractivity contribution in [2.24, 2.45) is 0 Å². The molecular formula is C38H44Na2O20P2S2. The molecule has 0 heterocycles. The SMILES string of the molecule is COc1cc(OC)c(/C=C/S(=O)(=O)Cc2ccc(OC)c(OP(=O)(O)O)c2)c(OC)c1.COc1cc(OC)c(/C=C/S(=O)(=O)Cc2ccc(OC)c(OP(=O)([O-])[O-])c2)c(OC)c1.[Na+].[Na+]. The minimum atomic E-state index is -5.36. The van der Waals surface area contributed by atoms with Crippen LogP contribution in [0.3, 0.4) is 0 Å². The third kappa shape index (κ3) is 18.4. The van der Waals surface area contributed by atoms with E-state index < -0.39 is 52.6 Å². The van der Waals surface area contributed by atoms with Crippen LogP contribution in [0.2, 0.25) is 0 Å². The van der Waals surface area contributed by atoms with Gasteiger partial charge in [-0.05, 0) is 47.5 Å². The van der Waals surface area contributed by atoms with Gasteiger partial charge in [0.1, 0.15) is 42.3 Å². The number of rotatable bonds is 20. The van der Waals surface area contributed by atoms with Gasteiger partial charge in [-0.15, -0.1) is 0 Å². The molecule has 0 saturated heterocycles. The van der Waals surface area contributed by atoms with Crippen molar-refractivity contribution in [2.45, 2.75) is 11.5 Å². The molecule has 4 aromatic carbocycles. The number of phosphoric acid groups is 2. The monoisotopic (exact) mass is 992 g/mol. The van der Waals surface area contributed by atoms with Crippen molar-refractivity contribution in [3.8, 4) is 57.5 Å². The average molecular weight is 993 g/mol. The Kier molecular flexibility index (Phi) is 23.8. The van der Waals surface area contributed by atoms with Crippen molar-refractivity contribution < 1.29 is 152 Å². The molecule has 0 fully saturated rings. The molecule has 64 heavy (non-hydrogen) atoms. The summed E-state index contributed by atoms with van der Waals surface area (Å²) in [5.74, 6) is 0.722. The summed E-state index contributed by atoms with van der Waals surface area (Å²) in [7, 11) is -6.64. The Hall–Kier alpha value is -3.44. The molecule has 2 N–H and O–H groups in total. The van der Waals surface area contributed by atoms with E-state index in [-0.39, 0.29) is 87.5 Å². The van der Waals surface area contributed by atoms with Gasteiger partial charge in [0.15, 0.2) is 42.7 Å². The maximum atomic E-state index is 12.6. The number of methoxy groups -OCH3 is 8. The predicted molar refractivity (Wildman–Crippen MR) is 222 cm³/mol. The third-order valence-corrected chi connectivity index (χ3v) is 11.4. The largest absolute Gasteiger partial charge is 1.00 e. The van der Waals surface area contributed by atoms with E-state index in [0.717, 1.165) is 16.9 Å². The Morgan fingerprint density at radius 2 is 0.797 bits per heavy atom. The minimum Gasteiger partial charge on any atom is -0.780 e. The van der Waals surface area contributed by atoms with Crippen LogP contribution >= 0.6 is 15.6 Å². The zero-order chi connectivity index (χ0) is 46.5. The minimum absolute atomic E-state index is 0. The van der Waals surface area contributed by atoms with Gasteiger partial charge < -0.3 is 61.3 Å². The number of hydrogen-bond acceptors (Lipinski definition) is 18. The van der Waals surface area contributed by atoms with E-state index in [1.807, 2.05) is 0 Å². The van der Waals surface area contributed by atoms with Crippen molar-refractivity contribution in [2.75, 3.05) is 56.9 Å². The van der Waals surface area contributed by atoms with E-state index in [1.165, 1.54) is 99.4 Å². The molecule has 0 radical (unpaired) electrons. The smallest absolute Gasteiger partial charge is 0.780 e. The van der Waals surface area contributed by atoms with Crippen molar-refractivity contribution >= 4 is 47.5 Å². The maximum absolute atomic E-state index is 12.6. The van der Waals surface area contributed by atoms with Crippen LogP contribution in [0.25, 0.3) is 12.2 Å². The van der Waals surface area contributed by atoms with Crippen LogP contribution in [0.1, 0.15) is 22.3 Å². The second kappa shape index (κ2) is 26.0. The van der Waals surface area contributed by atoms with Crippen LogP contribution in [0, 0.1) is 0 Å². The number of hydrogen-bond donors (Lipinski definition) is 2. The van der Waals surface area contributed by atoms with E-state index in [0.29, 0.717) is 45.6 Å². The average Bonchev–Trinajstić information content (AvgIpc) is 3.20. The Morgan fingerprint density at radius 3 is 1.06 bits per heavy atom. The van der Waals surface area contributed by atoms with Gasteiger partial charge in [-0.3, -0.25) is 9.79 Å². The fraction of sp³-hybridized carbons (Fsp3) is 0.263. The first-order valence-electron chi connectivity index (χ1n) is 17.3. The maximum Gasteiger partial charge on any atom is 1.00 e. The van der Waals surface area contributed by atoms with E-state index in [2.05, 4.69) is 9.05 Å². The van der Waals surface area contributed by atoms with Crippen LogP contribution in [0.15, 0.2) is 71.5 Å². The number of sulfone groups is 2. The summed E-state index contributed by atoms with van der Waals surface area (Å²) in [6.45, 7) is 0. The molecule has 20 nitrogen and oxygen atoms in total. The molecule has 0 aliphatic rings. The summed E-state index contributed by atoms with van der Waals surface area (Å²) in [6.07, 6.45) is 2.65. The van der Waals surface area contributed by atoms with E-state index in [4.69, 9.17) is 47.7 Å². The van der Waals surface area contributed by atoms with Crippen LogP contribution in [0.5, 0.6) is 57.5 Å². The van der Waals surface area contributed by atoms with Crippen molar-refractivity contribution in [1.29, 1.82) is 0 Å².